The van der Waals surface area contributed by atoms with E-state index in [1.807, 2.05) is 30.3 Å². The number of hydrogen-bond acceptors (Lipinski definition) is 2. The van der Waals surface area contributed by atoms with Crippen LogP contribution in [0.1, 0.15) is 11.1 Å². The van der Waals surface area contributed by atoms with E-state index in [1.54, 1.807) is 6.26 Å². The second-order valence-electron chi connectivity index (χ2n) is 4.89. The summed E-state index contributed by atoms with van der Waals surface area (Å²) in [6.07, 6.45) is 2.46. The van der Waals surface area contributed by atoms with Gasteiger partial charge in [0.25, 0.3) is 5.56 Å². The zero-order valence-electron chi connectivity index (χ0n) is 10.3. The maximum atomic E-state index is 12.1. The van der Waals surface area contributed by atoms with Crippen LogP contribution in [-0.4, -0.2) is 15.4 Å². The first-order valence-electron chi connectivity index (χ1n) is 6.09. The Morgan fingerprint density at radius 2 is 2.00 bits per heavy atom. The quantitative estimate of drug-likeness (QED) is 0.539. The molecule has 2 aromatic carbocycles. The fourth-order valence-corrected chi connectivity index (χ4v) is 3.86. The molecule has 1 heterocycles. The second kappa shape index (κ2) is 3.54. The highest BCUT2D eigenvalue weighted by atomic mass is 32.2. The molecule has 94 valence electrons. The van der Waals surface area contributed by atoms with Crippen LogP contribution < -0.4 is 5.56 Å². The molecule has 3 nitrogen and oxygen atoms in total. The van der Waals surface area contributed by atoms with Gasteiger partial charge in [-0.1, -0.05) is 12.1 Å². The van der Waals surface area contributed by atoms with Crippen LogP contribution in [0.25, 0.3) is 21.7 Å². The van der Waals surface area contributed by atoms with Gasteiger partial charge in [0, 0.05) is 32.8 Å². The lowest BCUT2D eigenvalue weighted by molar-refractivity contribution is 0.686. The van der Waals surface area contributed by atoms with Crippen molar-refractivity contribution in [2.24, 2.45) is 0 Å². The summed E-state index contributed by atoms with van der Waals surface area (Å²) in [5.41, 5.74) is 3.04. The van der Waals surface area contributed by atoms with E-state index >= 15 is 0 Å². The molecule has 0 aliphatic heterocycles. The maximum Gasteiger partial charge on any atom is 0.256 e. The predicted molar refractivity (Wildman–Crippen MR) is 77.2 cm³/mol. The molecule has 1 aromatic heterocycles. The van der Waals surface area contributed by atoms with Gasteiger partial charge in [-0.15, -0.1) is 0 Å². The lowest BCUT2D eigenvalue weighted by Crippen LogP contribution is -2.06. The van der Waals surface area contributed by atoms with Gasteiger partial charge in [0.05, 0.1) is 10.8 Å². The van der Waals surface area contributed by atoms with Gasteiger partial charge in [0.1, 0.15) is 0 Å². The van der Waals surface area contributed by atoms with E-state index in [1.165, 1.54) is 0 Å². The summed E-state index contributed by atoms with van der Waals surface area (Å²) in [6.45, 7) is 0. The minimum absolute atomic E-state index is 0.0532. The van der Waals surface area contributed by atoms with E-state index < -0.39 is 10.8 Å². The molecule has 4 heteroatoms. The molecule has 1 atom stereocenters. The van der Waals surface area contributed by atoms with Crippen molar-refractivity contribution in [1.82, 2.24) is 4.98 Å². The highest BCUT2D eigenvalue weighted by Crippen LogP contribution is 2.38. The Bertz CT molecular complexity index is 940. The Morgan fingerprint density at radius 1 is 1.16 bits per heavy atom. The maximum absolute atomic E-state index is 12.1. The molecule has 19 heavy (non-hydrogen) atoms. The molecule has 0 radical (unpaired) electrons. The van der Waals surface area contributed by atoms with E-state index in [2.05, 4.69) is 4.98 Å². The summed E-state index contributed by atoms with van der Waals surface area (Å²) >= 11 is 0. The van der Waals surface area contributed by atoms with Gasteiger partial charge in [-0.2, -0.15) is 0 Å². The highest BCUT2D eigenvalue weighted by molar-refractivity contribution is 7.84. The second-order valence-corrected chi connectivity index (χ2v) is 6.24. The first-order chi connectivity index (χ1) is 9.16. The van der Waals surface area contributed by atoms with E-state index in [-0.39, 0.29) is 5.56 Å². The largest absolute Gasteiger partial charge is 0.321 e. The monoisotopic (exact) mass is 269 g/mol. The van der Waals surface area contributed by atoms with E-state index in [4.69, 9.17) is 0 Å². The third-order valence-corrected chi connectivity index (χ3v) is 4.84. The van der Waals surface area contributed by atoms with Crippen LogP contribution in [0.5, 0.6) is 0 Å². The van der Waals surface area contributed by atoms with E-state index in [0.717, 1.165) is 44.1 Å². The van der Waals surface area contributed by atoms with Crippen molar-refractivity contribution in [3.05, 3.63) is 51.8 Å². The van der Waals surface area contributed by atoms with Gasteiger partial charge in [-0.25, -0.2) is 0 Å². The van der Waals surface area contributed by atoms with E-state index in [0.29, 0.717) is 0 Å². The van der Waals surface area contributed by atoms with Crippen molar-refractivity contribution in [1.29, 1.82) is 0 Å². The average molecular weight is 269 g/mol. The topological polar surface area (TPSA) is 49.9 Å². The first-order valence-corrected chi connectivity index (χ1v) is 7.65. The molecule has 0 saturated heterocycles. The molecule has 1 aliphatic rings. The standard InChI is InChI=1S/C15H11NO2S/c1-19(18)12-6-5-11-14-10(12)7-8-3-2-4-9(13(8)14)15(17)16-11/h2-6H,7H2,1H3,(H,16,17). The van der Waals surface area contributed by atoms with Gasteiger partial charge in [-0.05, 0) is 35.7 Å². The fourth-order valence-electron chi connectivity index (χ4n) is 3.08. The van der Waals surface area contributed by atoms with Gasteiger partial charge in [0.2, 0.25) is 0 Å². The van der Waals surface area contributed by atoms with Crippen LogP contribution in [0.3, 0.4) is 0 Å². The van der Waals surface area contributed by atoms with Crippen LogP contribution in [0, 0.1) is 0 Å². The number of rotatable bonds is 1. The molecule has 0 bridgehead atoms. The van der Waals surface area contributed by atoms with Gasteiger partial charge in [0.15, 0.2) is 0 Å². The minimum atomic E-state index is -1.01. The SMILES string of the molecule is CS(=O)c1ccc2[nH]c(=O)c3cccc4c3c2c1C4. The van der Waals surface area contributed by atoms with Crippen molar-refractivity contribution in [2.75, 3.05) is 6.26 Å². The third-order valence-electron chi connectivity index (χ3n) is 3.84. The minimum Gasteiger partial charge on any atom is -0.321 e. The zero-order valence-corrected chi connectivity index (χ0v) is 11.1. The Morgan fingerprint density at radius 3 is 2.79 bits per heavy atom. The summed E-state index contributed by atoms with van der Waals surface area (Å²) in [6, 6.07) is 9.53. The fraction of sp³-hybridized carbons (Fsp3) is 0.133. The van der Waals surface area contributed by atoms with Crippen LogP contribution in [0.4, 0.5) is 0 Å². The lowest BCUT2D eigenvalue weighted by atomic mass is 10.1. The van der Waals surface area contributed by atoms with Crippen LogP contribution in [0.15, 0.2) is 40.0 Å². The Kier molecular flexibility index (Phi) is 2.04. The number of nitrogens with one attached hydrogen (secondary N) is 1. The number of benzene rings is 2. The normalized spacial score (nSPS) is 14.6. The first kappa shape index (κ1) is 10.9. The molecule has 1 N–H and O–H groups in total. The summed E-state index contributed by atoms with van der Waals surface area (Å²) in [7, 11) is -1.01. The zero-order chi connectivity index (χ0) is 13.1. The molecule has 1 unspecified atom stereocenters. The smallest absolute Gasteiger partial charge is 0.256 e. The molecule has 0 fully saturated rings. The van der Waals surface area contributed by atoms with Crippen molar-refractivity contribution in [3.63, 3.8) is 0 Å². The van der Waals surface area contributed by atoms with Crippen LogP contribution in [0.2, 0.25) is 0 Å². The molecule has 0 spiro atoms. The number of hydrogen-bond donors (Lipinski definition) is 1. The molecule has 0 saturated carbocycles. The lowest BCUT2D eigenvalue weighted by Gasteiger charge is -2.06. The van der Waals surface area contributed by atoms with Gasteiger partial charge >= 0.3 is 0 Å². The molecule has 4 rings (SSSR count). The van der Waals surface area contributed by atoms with Crippen LogP contribution >= 0.6 is 0 Å². The summed E-state index contributed by atoms with van der Waals surface area (Å²) in [5, 5.41) is 2.82. The molecule has 1 aliphatic carbocycles. The van der Waals surface area contributed by atoms with Crippen molar-refractivity contribution in [2.45, 2.75) is 11.3 Å². The number of aromatic nitrogens is 1. The van der Waals surface area contributed by atoms with Crippen molar-refractivity contribution < 1.29 is 4.21 Å². The summed E-state index contributed by atoms with van der Waals surface area (Å²) < 4.78 is 11.9. The molecule has 3 aromatic rings. The molecular weight excluding hydrogens is 258 g/mol. The Hall–Kier alpha value is -1.94. The van der Waals surface area contributed by atoms with Crippen molar-refractivity contribution in [3.8, 4) is 0 Å². The molecular formula is C15H11NO2S. The predicted octanol–water partition coefficient (Wildman–Crippen LogP) is 2.32. The van der Waals surface area contributed by atoms with Crippen LogP contribution in [-0.2, 0) is 17.2 Å². The Balaban J connectivity index is 2.33. The number of aromatic amines is 1. The van der Waals surface area contributed by atoms with Crippen molar-refractivity contribution >= 4 is 32.5 Å². The van der Waals surface area contributed by atoms with Gasteiger partial charge < -0.3 is 4.98 Å². The number of pyridine rings is 1. The Labute approximate surface area is 111 Å². The van der Waals surface area contributed by atoms with Gasteiger partial charge in [-0.3, -0.25) is 9.00 Å². The average Bonchev–Trinajstić information content (AvgIpc) is 2.77. The highest BCUT2D eigenvalue weighted by Gasteiger charge is 2.22. The van der Waals surface area contributed by atoms with E-state index in [9.17, 15) is 9.00 Å². The summed E-state index contributed by atoms with van der Waals surface area (Å²) in [5.74, 6) is 0. The third kappa shape index (κ3) is 1.32. The molecule has 0 amide bonds. The summed E-state index contributed by atoms with van der Waals surface area (Å²) in [4.78, 5) is 15.9. The number of H-pyrrole nitrogens is 1.